The lowest BCUT2D eigenvalue weighted by Gasteiger charge is -2.10. The van der Waals surface area contributed by atoms with Crippen molar-refractivity contribution in [2.75, 3.05) is 12.4 Å². The van der Waals surface area contributed by atoms with Crippen molar-refractivity contribution >= 4 is 11.4 Å². The Morgan fingerprint density at radius 2 is 2.14 bits per heavy atom. The van der Waals surface area contributed by atoms with E-state index in [2.05, 4.69) is 5.32 Å². The highest BCUT2D eigenvalue weighted by Crippen LogP contribution is 2.29. The van der Waals surface area contributed by atoms with E-state index in [1.807, 2.05) is 0 Å². The average molecular weight is 292 g/mol. The summed E-state index contributed by atoms with van der Waals surface area (Å²) in [5.41, 5.74) is 0.178. The highest BCUT2D eigenvalue weighted by atomic mass is 19.1. The lowest BCUT2D eigenvalue weighted by atomic mass is 10.2. The molecule has 0 bridgehead atoms. The first-order chi connectivity index (χ1) is 10.0. The van der Waals surface area contributed by atoms with Crippen molar-refractivity contribution in [3.63, 3.8) is 0 Å². The zero-order valence-corrected chi connectivity index (χ0v) is 11.2. The van der Waals surface area contributed by atoms with Crippen molar-refractivity contribution in [1.82, 2.24) is 0 Å². The minimum atomic E-state index is -0.699. The van der Waals surface area contributed by atoms with Gasteiger partial charge in [0.1, 0.15) is 5.69 Å². The van der Waals surface area contributed by atoms with Gasteiger partial charge in [-0.25, -0.2) is 4.39 Å². The maximum atomic E-state index is 13.7. The number of benzene rings is 2. The number of ether oxygens (including phenoxy) is 1. The smallest absolute Gasteiger partial charge is 0.295 e. The van der Waals surface area contributed by atoms with Crippen molar-refractivity contribution in [1.29, 1.82) is 0 Å². The van der Waals surface area contributed by atoms with Gasteiger partial charge in [0.15, 0.2) is 17.3 Å². The van der Waals surface area contributed by atoms with E-state index in [0.29, 0.717) is 5.56 Å². The number of hydrogen-bond acceptors (Lipinski definition) is 5. The Kier molecular flexibility index (Phi) is 4.22. The highest BCUT2D eigenvalue weighted by Gasteiger charge is 2.17. The second kappa shape index (κ2) is 6.08. The van der Waals surface area contributed by atoms with Crippen LogP contribution in [0.4, 0.5) is 15.8 Å². The number of nitrogens with zero attached hydrogens (tertiary/aromatic N) is 1. The van der Waals surface area contributed by atoms with Gasteiger partial charge in [-0.3, -0.25) is 10.1 Å². The van der Waals surface area contributed by atoms with Crippen LogP contribution in [-0.4, -0.2) is 17.1 Å². The van der Waals surface area contributed by atoms with E-state index in [9.17, 15) is 19.6 Å². The Labute approximate surface area is 119 Å². The second-order valence-corrected chi connectivity index (χ2v) is 4.25. The molecule has 7 heteroatoms. The molecule has 2 aromatic rings. The van der Waals surface area contributed by atoms with Gasteiger partial charge in [0, 0.05) is 12.6 Å². The molecule has 0 saturated carbocycles. The average Bonchev–Trinajstić information content (AvgIpc) is 2.47. The van der Waals surface area contributed by atoms with Gasteiger partial charge in [-0.1, -0.05) is 12.1 Å². The Hall–Kier alpha value is -2.83. The Morgan fingerprint density at radius 1 is 1.38 bits per heavy atom. The summed E-state index contributed by atoms with van der Waals surface area (Å²) in [6, 6.07) is 8.26. The van der Waals surface area contributed by atoms with E-state index in [-0.39, 0.29) is 29.4 Å². The molecule has 0 atom stereocenters. The molecule has 2 rings (SSSR count). The molecule has 0 heterocycles. The van der Waals surface area contributed by atoms with Gasteiger partial charge in [-0.05, 0) is 23.8 Å². The van der Waals surface area contributed by atoms with E-state index in [4.69, 9.17) is 4.74 Å². The number of nitro groups is 1. The van der Waals surface area contributed by atoms with Gasteiger partial charge in [-0.2, -0.15) is 0 Å². The van der Waals surface area contributed by atoms with E-state index in [1.54, 1.807) is 12.1 Å². The molecule has 0 radical (unpaired) electrons. The SMILES string of the molecule is COc1cc(CNc2c(F)cccc2[N+](=O)[O-])ccc1O. The van der Waals surface area contributed by atoms with Gasteiger partial charge in [0.05, 0.1) is 12.0 Å². The molecular formula is C14H13FN2O4. The molecule has 0 spiro atoms. The predicted octanol–water partition coefficient (Wildman–Crippen LogP) is 3.06. The minimum absolute atomic E-state index is 0.0156. The number of phenolic OH excluding ortho intramolecular Hbond substituents is 1. The molecule has 0 aliphatic heterocycles. The minimum Gasteiger partial charge on any atom is -0.504 e. The fourth-order valence-electron chi connectivity index (χ4n) is 1.86. The third-order valence-corrected chi connectivity index (χ3v) is 2.90. The molecular weight excluding hydrogens is 279 g/mol. The van der Waals surface area contributed by atoms with Crippen LogP contribution in [0.2, 0.25) is 0 Å². The molecule has 0 aliphatic rings. The van der Waals surface area contributed by atoms with Crippen LogP contribution in [0.3, 0.4) is 0 Å². The van der Waals surface area contributed by atoms with E-state index >= 15 is 0 Å². The first kappa shape index (κ1) is 14.6. The highest BCUT2D eigenvalue weighted by molar-refractivity contribution is 5.62. The molecule has 0 saturated heterocycles. The molecule has 0 aliphatic carbocycles. The molecule has 0 unspecified atom stereocenters. The van der Waals surface area contributed by atoms with Crippen LogP contribution in [0, 0.1) is 15.9 Å². The number of methoxy groups -OCH3 is 1. The molecule has 0 fully saturated rings. The molecule has 0 aromatic heterocycles. The van der Waals surface area contributed by atoms with E-state index in [0.717, 1.165) is 6.07 Å². The normalized spacial score (nSPS) is 10.2. The standard InChI is InChI=1S/C14H13FN2O4/c1-21-13-7-9(5-6-12(13)18)8-16-14-10(15)3-2-4-11(14)17(19)20/h2-7,16,18H,8H2,1H3. The third kappa shape index (κ3) is 3.19. The van der Waals surface area contributed by atoms with Gasteiger partial charge >= 0.3 is 0 Å². The first-order valence-corrected chi connectivity index (χ1v) is 6.05. The Bertz CT molecular complexity index is 676. The Morgan fingerprint density at radius 3 is 2.81 bits per heavy atom. The fraction of sp³-hybridized carbons (Fsp3) is 0.143. The Balaban J connectivity index is 2.22. The molecule has 21 heavy (non-hydrogen) atoms. The van der Waals surface area contributed by atoms with Crippen molar-refractivity contribution in [3.8, 4) is 11.5 Å². The number of nitrogens with one attached hydrogen (secondary N) is 1. The number of nitro benzene ring substituents is 1. The molecule has 2 N–H and O–H groups in total. The summed E-state index contributed by atoms with van der Waals surface area (Å²) >= 11 is 0. The van der Waals surface area contributed by atoms with Crippen LogP contribution in [0.5, 0.6) is 11.5 Å². The number of aromatic hydroxyl groups is 1. The van der Waals surface area contributed by atoms with Gasteiger partial charge in [-0.15, -0.1) is 0 Å². The number of halogens is 1. The number of anilines is 1. The summed E-state index contributed by atoms with van der Waals surface area (Å²) in [7, 11) is 1.41. The van der Waals surface area contributed by atoms with Crippen molar-refractivity contribution in [2.24, 2.45) is 0 Å². The van der Waals surface area contributed by atoms with E-state index < -0.39 is 10.7 Å². The van der Waals surface area contributed by atoms with E-state index in [1.165, 1.54) is 25.3 Å². The summed E-state index contributed by atoms with van der Waals surface area (Å²) < 4.78 is 18.7. The lowest BCUT2D eigenvalue weighted by molar-refractivity contribution is -0.384. The topological polar surface area (TPSA) is 84.6 Å². The van der Waals surface area contributed by atoms with Crippen molar-refractivity contribution < 1.29 is 19.2 Å². The van der Waals surface area contributed by atoms with Gasteiger partial charge in [0.2, 0.25) is 0 Å². The number of rotatable bonds is 5. The van der Waals surface area contributed by atoms with Crippen molar-refractivity contribution in [2.45, 2.75) is 6.54 Å². The predicted molar refractivity (Wildman–Crippen MR) is 75.0 cm³/mol. The third-order valence-electron chi connectivity index (χ3n) is 2.90. The van der Waals surface area contributed by atoms with Crippen LogP contribution in [-0.2, 0) is 6.54 Å². The fourth-order valence-corrected chi connectivity index (χ4v) is 1.86. The number of phenols is 1. The number of para-hydroxylation sites is 1. The van der Waals surface area contributed by atoms with Gasteiger partial charge < -0.3 is 15.2 Å². The van der Waals surface area contributed by atoms with Crippen LogP contribution in [0.15, 0.2) is 36.4 Å². The van der Waals surface area contributed by atoms with Crippen LogP contribution in [0.25, 0.3) is 0 Å². The summed E-state index contributed by atoms with van der Waals surface area (Å²) in [6.45, 7) is 0.151. The summed E-state index contributed by atoms with van der Waals surface area (Å²) in [4.78, 5) is 10.2. The van der Waals surface area contributed by atoms with Crippen molar-refractivity contribution in [3.05, 3.63) is 57.9 Å². The number of hydrogen-bond donors (Lipinski definition) is 2. The second-order valence-electron chi connectivity index (χ2n) is 4.25. The summed E-state index contributed by atoms with van der Waals surface area (Å²) in [5.74, 6) is -0.439. The lowest BCUT2D eigenvalue weighted by Crippen LogP contribution is -2.05. The monoisotopic (exact) mass is 292 g/mol. The first-order valence-electron chi connectivity index (χ1n) is 6.05. The molecule has 6 nitrogen and oxygen atoms in total. The molecule has 2 aromatic carbocycles. The maximum Gasteiger partial charge on any atom is 0.295 e. The summed E-state index contributed by atoms with van der Waals surface area (Å²) in [6.07, 6.45) is 0. The largest absolute Gasteiger partial charge is 0.504 e. The zero-order chi connectivity index (χ0) is 15.4. The van der Waals surface area contributed by atoms with Gasteiger partial charge in [0.25, 0.3) is 5.69 Å². The summed E-state index contributed by atoms with van der Waals surface area (Å²) in [5, 5.41) is 23.1. The van der Waals surface area contributed by atoms with Crippen LogP contribution >= 0.6 is 0 Å². The quantitative estimate of drug-likeness (QED) is 0.653. The molecule has 0 amide bonds. The maximum absolute atomic E-state index is 13.7. The van der Waals surface area contributed by atoms with Crippen LogP contribution < -0.4 is 10.1 Å². The molecule has 110 valence electrons. The van der Waals surface area contributed by atoms with Crippen LogP contribution in [0.1, 0.15) is 5.56 Å². The zero-order valence-electron chi connectivity index (χ0n) is 11.2.